The van der Waals surface area contributed by atoms with Gasteiger partial charge >= 0.3 is 0 Å². The first-order valence-electron chi connectivity index (χ1n) is 8.48. The number of nitro groups is 1. The van der Waals surface area contributed by atoms with Crippen LogP contribution in [0.5, 0.6) is 0 Å². The Hall–Kier alpha value is -3.26. The third-order valence-corrected chi connectivity index (χ3v) is 4.81. The van der Waals surface area contributed by atoms with Gasteiger partial charge in [0.15, 0.2) is 5.16 Å². The monoisotopic (exact) mass is 394 g/mol. The third kappa shape index (κ3) is 4.72. The first-order valence-corrected chi connectivity index (χ1v) is 9.30. The van der Waals surface area contributed by atoms with Crippen LogP contribution in [0.1, 0.15) is 27.3 Å². The molecular formula is C20H18N4O3S. The van der Waals surface area contributed by atoms with E-state index in [-0.39, 0.29) is 11.6 Å². The predicted molar refractivity (Wildman–Crippen MR) is 108 cm³/mol. The summed E-state index contributed by atoms with van der Waals surface area (Å²) < 4.78 is 0. The van der Waals surface area contributed by atoms with Crippen LogP contribution in [0.15, 0.2) is 58.6 Å². The summed E-state index contributed by atoms with van der Waals surface area (Å²) in [6, 6.07) is 13.6. The number of nitro benzene ring substituents is 1. The molecule has 0 spiro atoms. The summed E-state index contributed by atoms with van der Waals surface area (Å²) in [6.07, 6.45) is 0. The average molecular weight is 394 g/mol. The number of nitrogens with one attached hydrogen (secondary N) is 1. The Kier molecular flexibility index (Phi) is 5.70. The second-order valence-electron chi connectivity index (χ2n) is 6.27. The molecule has 0 saturated heterocycles. The molecule has 28 heavy (non-hydrogen) atoms. The topological polar surface area (TPSA) is 98.0 Å². The van der Waals surface area contributed by atoms with Gasteiger partial charge in [-0.1, -0.05) is 0 Å². The minimum Gasteiger partial charge on any atom is -0.322 e. The van der Waals surface area contributed by atoms with Crippen molar-refractivity contribution < 1.29 is 9.72 Å². The van der Waals surface area contributed by atoms with Crippen LogP contribution in [0.3, 0.4) is 0 Å². The highest BCUT2D eigenvalue weighted by Gasteiger charge is 2.14. The lowest BCUT2D eigenvalue weighted by Gasteiger charge is -2.08. The van der Waals surface area contributed by atoms with Crippen LogP contribution in [-0.4, -0.2) is 20.8 Å². The van der Waals surface area contributed by atoms with E-state index in [1.165, 1.54) is 30.0 Å². The highest BCUT2D eigenvalue weighted by atomic mass is 32.2. The van der Waals surface area contributed by atoms with Gasteiger partial charge in [0.2, 0.25) is 0 Å². The van der Waals surface area contributed by atoms with E-state index in [0.717, 1.165) is 16.3 Å². The molecule has 0 radical (unpaired) electrons. The molecular weight excluding hydrogens is 376 g/mol. The zero-order valence-corrected chi connectivity index (χ0v) is 16.4. The largest absolute Gasteiger partial charge is 0.322 e. The molecule has 7 nitrogen and oxygen atoms in total. The van der Waals surface area contributed by atoms with E-state index < -0.39 is 4.92 Å². The lowest BCUT2D eigenvalue weighted by Crippen LogP contribution is -2.12. The van der Waals surface area contributed by atoms with Crippen LogP contribution in [-0.2, 0) is 0 Å². The number of carbonyl (C=O) groups is 1. The van der Waals surface area contributed by atoms with Crippen molar-refractivity contribution in [3.63, 3.8) is 0 Å². The second kappa shape index (κ2) is 8.18. The maximum Gasteiger partial charge on any atom is 0.272 e. The number of hydrogen-bond donors (Lipinski definition) is 1. The van der Waals surface area contributed by atoms with Crippen molar-refractivity contribution in [2.45, 2.75) is 30.8 Å². The van der Waals surface area contributed by atoms with E-state index in [1.807, 2.05) is 32.0 Å². The third-order valence-electron chi connectivity index (χ3n) is 3.94. The summed E-state index contributed by atoms with van der Waals surface area (Å²) in [5, 5.41) is 14.4. The molecule has 142 valence electrons. The van der Waals surface area contributed by atoms with Crippen molar-refractivity contribution in [3.05, 3.63) is 81.2 Å². The van der Waals surface area contributed by atoms with Gasteiger partial charge in [-0.05, 0) is 75.0 Å². The zero-order valence-electron chi connectivity index (χ0n) is 15.6. The Morgan fingerprint density at radius 1 is 1.00 bits per heavy atom. The molecule has 3 aromatic rings. The SMILES string of the molecule is Cc1cc(C)nc(Sc2ccc(NC(=O)c3ccc([N+](=O)[O-])c(C)c3)cc2)n1. The van der Waals surface area contributed by atoms with Gasteiger partial charge in [0.05, 0.1) is 4.92 Å². The van der Waals surface area contributed by atoms with E-state index in [9.17, 15) is 14.9 Å². The standard InChI is InChI=1S/C20H18N4O3S/c1-12-10-15(4-9-18(12)24(26)27)19(25)23-16-5-7-17(8-6-16)28-20-21-13(2)11-14(3)22-20/h4-11H,1-3H3,(H,23,25). The number of nitrogens with zero attached hydrogens (tertiary/aromatic N) is 3. The minimum absolute atomic E-state index is 0.00784. The lowest BCUT2D eigenvalue weighted by atomic mass is 10.1. The van der Waals surface area contributed by atoms with Crippen LogP contribution >= 0.6 is 11.8 Å². The average Bonchev–Trinajstić information content (AvgIpc) is 2.62. The molecule has 3 rings (SSSR count). The first kappa shape index (κ1) is 19.5. The van der Waals surface area contributed by atoms with E-state index in [1.54, 1.807) is 19.1 Å². The number of aromatic nitrogens is 2. The van der Waals surface area contributed by atoms with Gasteiger partial charge in [0.1, 0.15) is 0 Å². The van der Waals surface area contributed by atoms with Gasteiger partial charge in [-0.15, -0.1) is 0 Å². The second-order valence-corrected chi connectivity index (χ2v) is 7.31. The Bertz CT molecular complexity index is 1030. The number of carbonyl (C=O) groups excluding carboxylic acids is 1. The molecule has 8 heteroatoms. The smallest absolute Gasteiger partial charge is 0.272 e. The number of hydrogen-bond acceptors (Lipinski definition) is 6. The molecule has 1 N–H and O–H groups in total. The van der Waals surface area contributed by atoms with Gasteiger partial charge in [-0.3, -0.25) is 14.9 Å². The molecule has 0 unspecified atom stereocenters. The summed E-state index contributed by atoms with van der Waals surface area (Å²) in [5.41, 5.74) is 3.26. The fraction of sp³-hybridized carbons (Fsp3) is 0.150. The quantitative estimate of drug-likeness (QED) is 0.382. The van der Waals surface area contributed by atoms with Crippen LogP contribution < -0.4 is 5.32 Å². The van der Waals surface area contributed by atoms with Crippen molar-refractivity contribution in [1.29, 1.82) is 0 Å². The summed E-state index contributed by atoms with van der Waals surface area (Å²) in [5.74, 6) is -0.323. The number of rotatable bonds is 5. The lowest BCUT2D eigenvalue weighted by molar-refractivity contribution is -0.385. The fourth-order valence-corrected chi connectivity index (χ4v) is 3.52. The van der Waals surface area contributed by atoms with E-state index in [4.69, 9.17) is 0 Å². The van der Waals surface area contributed by atoms with Gasteiger partial charge in [-0.2, -0.15) is 0 Å². The Balaban J connectivity index is 1.69. The molecule has 0 atom stereocenters. The molecule has 0 fully saturated rings. The highest BCUT2D eigenvalue weighted by Crippen LogP contribution is 2.26. The molecule has 1 aromatic heterocycles. The number of benzene rings is 2. The minimum atomic E-state index is -0.465. The van der Waals surface area contributed by atoms with E-state index in [0.29, 0.717) is 22.0 Å². The van der Waals surface area contributed by atoms with Gasteiger partial charge in [-0.25, -0.2) is 9.97 Å². The van der Waals surface area contributed by atoms with Crippen molar-refractivity contribution in [1.82, 2.24) is 9.97 Å². The summed E-state index contributed by atoms with van der Waals surface area (Å²) >= 11 is 1.45. The summed E-state index contributed by atoms with van der Waals surface area (Å²) in [6.45, 7) is 5.46. The Morgan fingerprint density at radius 2 is 1.64 bits per heavy atom. The van der Waals surface area contributed by atoms with Gasteiger partial charge in [0.25, 0.3) is 11.6 Å². The fourth-order valence-electron chi connectivity index (χ4n) is 2.66. The van der Waals surface area contributed by atoms with Crippen LogP contribution in [0.4, 0.5) is 11.4 Å². The maximum atomic E-state index is 12.4. The molecule has 0 saturated carbocycles. The normalized spacial score (nSPS) is 10.5. The first-order chi connectivity index (χ1) is 13.3. The van der Waals surface area contributed by atoms with E-state index in [2.05, 4.69) is 15.3 Å². The molecule has 1 amide bonds. The molecule has 0 aliphatic heterocycles. The summed E-state index contributed by atoms with van der Waals surface area (Å²) in [4.78, 5) is 32.6. The van der Waals surface area contributed by atoms with E-state index >= 15 is 0 Å². The molecule has 0 aliphatic carbocycles. The predicted octanol–water partition coefficient (Wildman–Crippen LogP) is 4.71. The van der Waals surface area contributed by atoms with Crippen molar-refractivity contribution in [3.8, 4) is 0 Å². The van der Waals surface area contributed by atoms with Gasteiger partial charge < -0.3 is 5.32 Å². The van der Waals surface area contributed by atoms with Crippen molar-refractivity contribution >= 4 is 29.0 Å². The van der Waals surface area contributed by atoms with Crippen molar-refractivity contribution in [2.75, 3.05) is 5.32 Å². The zero-order chi connectivity index (χ0) is 20.3. The number of anilines is 1. The number of aryl methyl sites for hydroxylation is 3. The number of amides is 1. The van der Waals surface area contributed by atoms with Crippen LogP contribution in [0.25, 0.3) is 0 Å². The Morgan fingerprint density at radius 3 is 2.21 bits per heavy atom. The molecule has 2 aromatic carbocycles. The molecule has 0 aliphatic rings. The Labute approximate surface area is 166 Å². The maximum absolute atomic E-state index is 12.4. The highest BCUT2D eigenvalue weighted by molar-refractivity contribution is 7.99. The molecule has 0 bridgehead atoms. The van der Waals surface area contributed by atoms with Crippen LogP contribution in [0.2, 0.25) is 0 Å². The van der Waals surface area contributed by atoms with Crippen LogP contribution in [0, 0.1) is 30.9 Å². The van der Waals surface area contributed by atoms with Gasteiger partial charge in [0, 0.05) is 39.2 Å². The summed E-state index contributed by atoms with van der Waals surface area (Å²) in [7, 11) is 0. The molecule has 1 heterocycles. The van der Waals surface area contributed by atoms with Crippen molar-refractivity contribution in [2.24, 2.45) is 0 Å².